The number of hydrogen-bond donors (Lipinski definition) is 1. The third-order valence-corrected chi connectivity index (χ3v) is 4.95. The highest BCUT2D eigenvalue weighted by Crippen LogP contribution is 2.24. The Balaban J connectivity index is 1.64. The number of carbonyl (C=O) groups excluding carboxylic acids is 1. The highest BCUT2D eigenvalue weighted by Gasteiger charge is 2.16. The van der Waals surface area contributed by atoms with Gasteiger partial charge in [0, 0.05) is 17.8 Å². The number of likely N-dealkylation sites (tertiary alicyclic amines) is 1. The molecule has 2 aromatic carbocycles. The van der Waals surface area contributed by atoms with Crippen molar-refractivity contribution in [3.05, 3.63) is 64.2 Å². The molecule has 0 aromatic heterocycles. The van der Waals surface area contributed by atoms with E-state index < -0.39 is 17.5 Å². The van der Waals surface area contributed by atoms with Gasteiger partial charge in [-0.25, -0.2) is 8.78 Å². The van der Waals surface area contributed by atoms with Gasteiger partial charge in [-0.05, 0) is 55.8 Å². The Bertz CT molecular complexity index is 791. The zero-order valence-electron chi connectivity index (χ0n) is 14.4. The number of anilines is 1. The molecule has 0 unspecified atom stereocenters. The fraction of sp³-hybridized carbons (Fsp3) is 0.350. The van der Waals surface area contributed by atoms with Crippen molar-refractivity contribution in [3.63, 3.8) is 0 Å². The van der Waals surface area contributed by atoms with Gasteiger partial charge in [-0.3, -0.25) is 9.69 Å². The highest BCUT2D eigenvalue weighted by molar-refractivity contribution is 6.31. The van der Waals surface area contributed by atoms with Gasteiger partial charge >= 0.3 is 0 Å². The topological polar surface area (TPSA) is 32.3 Å². The monoisotopic (exact) mass is 378 g/mol. The maximum atomic E-state index is 13.8. The Kier molecular flexibility index (Phi) is 6.22. The maximum Gasteiger partial charge on any atom is 0.228 e. The van der Waals surface area contributed by atoms with E-state index in [9.17, 15) is 13.6 Å². The largest absolute Gasteiger partial charge is 0.326 e. The molecule has 1 heterocycles. The number of halogens is 3. The molecule has 1 amide bonds. The second kappa shape index (κ2) is 8.60. The Labute approximate surface area is 157 Å². The summed E-state index contributed by atoms with van der Waals surface area (Å²) in [5.74, 6) is -1.86. The fourth-order valence-electron chi connectivity index (χ4n) is 3.22. The molecule has 0 spiro atoms. The molecule has 0 radical (unpaired) electrons. The van der Waals surface area contributed by atoms with Crippen LogP contribution in [0, 0.1) is 11.6 Å². The van der Waals surface area contributed by atoms with Gasteiger partial charge in [0.15, 0.2) is 0 Å². The van der Waals surface area contributed by atoms with E-state index in [0.717, 1.165) is 37.3 Å². The quantitative estimate of drug-likeness (QED) is 0.759. The zero-order valence-corrected chi connectivity index (χ0v) is 15.2. The molecule has 3 nitrogen and oxygen atoms in total. The molecule has 6 heteroatoms. The van der Waals surface area contributed by atoms with Crippen LogP contribution in [-0.2, 0) is 17.8 Å². The van der Waals surface area contributed by atoms with Crippen LogP contribution < -0.4 is 5.32 Å². The molecule has 1 aliphatic rings. The third kappa shape index (κ3) is 4.80. The van der Waals surface area contributed by atoms with Crippen LogP contribution in [0.4, 0.5) is 14.5 Å². The summed E-state index contributed by atoms with van der Waals surface area (Å²) in [5, 5.41) is 2.39. The summed E-state index contributed by atoms with van der Waals surface area (Å²) in [5.41, 5.74) is 1.62. The predicted octanol–water partition coefficient (Wildman–Crippen LogP) is 4.79. The minimum atomic E-state index is -0.737. The van der Waals surface area contributed by atoms with Crippen molar-refractivity contribution >= 4 is 23.2 Å². The van der Waals surface area contributed by atoms with Gasteiger partial charge in [0.05, 0.1) is 11.4 Å². The molecular formula is C20H21ClF2N2O. The average Bonchev–Trinajstić information content (AvgIpc) is 2.63. The van der Waals surface area contributed by atoms with Crippen molar-refractivity contribution in [2.24, 2.45) is 0 Å². The SMILES string of the molecule is O=C(Cc1c(F)ccc(F)c1Cl)Nc1cccc(CN2CCCCC2)c1. The standard InChI is InChI=1S/C20H21ClF2N2O/c21-20-16(17(22)7-8-18(20)23)12-19(26)24-15-6-4-5-14(11-15)13-25-9-2-1-3-10-25/h4-8,11H,1-3,9-10,12-13H2,(H,24,26). The lowest BCUT2D eigenvalue weighted by Crippen LogP contribution is -2.29. The van der Waals surface area contributed by atoms with Crippen LogP contribution in [0.2, 0.25) is 5.02 Å². The van der Waals surface area contributed by atoms with E-state index in [1.165, 1.54) is 19.3 Å². The summed E-state index contributed by atoms with van der Waals surface area (Å²) in [4.78, 5) is 14.6. The van der Waals surface area contributed by atoms with E-state index in [2.05, 4.69) is 10.2 Å². The van der Waals surface area contributed by atoms with Crippen molar-refractivity contribution in [1.29, 1.82) is 0 Å². The molecule has 1 fully saturated rings. The van der Waals surface area contributed by atoms with Crippen LogP contribution in [-0.4, -0.2) is 23.9 Å². The van der Waals surface area contributed by atoms with Crippen molar-refractivity contribution in [2.75, 3.05) is 18.4 Å². The van der Waals surface area contributed by atoms with E-state index in [1.807, 2.05) is 18.2 Å². The second-order valence-electron chi connectivity index (χ2n) is 6.58. The van der Waals surface area contributed by atoms with Gasteiger partial charge < -0.3 is 5.32 Å². The number of rotatable bonds is 5. The van der Waals surface area contributed by atoms with Crippen LogP contribution in [0.1, 0.15) is 30.4 Å². The Morgan fingerprint density at radius 1 is 1.08 bits per heavy atom. The lowest BCUT2D eigenvalue weighted by Gasteiger charge is -2.26. The first kappa shape index (κ1) is 18.8. The predicted molar refractivity (Wildman–Crippen MR) is 99.3 cm³/mol. The summed E-state index contributed by atoms with van der Waals surface area (Å²) in [6.07, 6.45) is 3.40. The van der Waals surface area contributed by atoms with E-state index in [0.29, 0.717) is 5.69 Å². The zero-order chi connectivity index (χ0) is 18.5. The van der Waals surface area contributed by atoms with Gasteiger partial charge in [-0.2, -0.15) is 0 Å². The first-order valence-electron chi connectivity index (χ1n) is 8.76. The molecule has 138 valence electrons. The number of amides is 1. The summed E-state index contributed by atoms with van der Waals surface area (Å²) >= 11 is 5.78. The number of nitrogens with one attached hydrogen (secondary N) is 1. The molecule has 0 atom stereocenters. The van der Waals surface area contributed by atoms with Gasteiger partial charge in [-0.15, -0.1) is 0 Å². The van der Waals surface area contributed by atoms with Crippen LogP contribution in [0.25, 0.3) is 0 Å². The van der Waals surface area contributed by atoms with Gasteiger partial charge in [-0.1, -0.05) is 30.2 Å². The Morgan fingerprint density at radius 2 is 1.81 bits per heavy atom. The van der Waals surface area contributed by atoms with E-state index in [-0.39, 0.29) is 17.0 Å². The Hall–Kier alpha value is -1.98. The number of benzene rings is 2. The molecule has 2 aromatic rings. The van der Waals surface area contributed by atoms with E-state index in [4.69, 9.17) is 11.6 Å². The minimum absolute atomic E-state index is 0.131. The molecule has 3 rings (SSSR count). The van der Waals surface area contributed by atoms with Crippen molar-refractivity contribution in [3.8, 4) is 0 Å². The van der Waals surface area contributed by atoms with Crippen molar-refractivity contribution in [1.82, 2.24) is 4.90 Å². The van der Waals surface area contributed by atoms with Crippen LogP contribution in [0.5, 0.6) is 0 Å². The van der Waals surface area contributed by atoms with Gasteiger partial charge in [0.1, 0.15) is 11.6 Å². The van der Waals surface area contributed by atoms with E-state index in [1.54, 1.807) is 6.07 Å². The van der Waals surface area contributed by atoms with Crippen molar-refractivity contribution < 1.29 is 13.6 Å². The molecule has 26 heavy (non-hydrogen) atoms. The Morgan fingerprint density at radius 3 is 2.58 bits per heavy atom. The van der Waals surface area contributed by atoms with Crippen molar-refractivity contribution in [2.45, 2.75) is 32.2 Å². The fourth-order valence-corrected chi connectivity index (χ4v) is 3.44. The summed E-state index contributed by atoms with van der Waals surface area (Å²) in [6, 6.07) is 9.52. The van der Waals surface area contributed by atoms with Crippen LogP contribution in [0.3, 0.4) is 0 Å². The molecule has 1 saturated heterocycles. The molecule has 0 aliphatic carbocycles. The van der Waals surface area contributed by atoms with Gasteiger partial charge in [0.25, 0.3) is 0 Å². The minimum Gasteiger partial charge on any atom is -0.326 e. The number of nitrogens with zero attached hydrogens (tertiary/aromatic N) is 1. The molecule has 1 aliphatic heterocycles. The molecule has 0 bridgehead atoms. The summed E-state index contributed by atoms with van der Waals surface area (Å²) in [6.45, 7) is 3.02. The number of carbonyl (C=O) groups is 1. The second-order valence-corrected chi connectivity index (χ2v) is 6.96. The van der Waals surface area contributed by atoms with E-state index >= 15 is 0 Å². The lowest BCUT2D eigenvalue weighted by molar-refractivity contribution is -0.115. The maximum absolute atomic E-state index is 13.8. The summed E-state index contributed by atoms with van der Waals surface area (Å²) < 4.78 is 27.3. The molecule has 0 saturated carbocycles. The molecular weight excluding hydrogens is 358 g/mol. The van der Waals surface area contributed by atoms with Crippen LogP contribution >= 0.6 is 11.6 Å². The number of hydrogen-bond acceptors (Lipinski definition) is 2. The van der Waals surface area contributed by atoms with Crippen LogP contribution in [0.15, 0.2) is 36.4 Å². The lowest BCUT2D eigenvalue weighted by atomic mass is 10.1. The first-order valence-corrected chi connectivity index (χ1v) is 9.14. The van der Waals surface area contributed by atoms with Gasteiger partial charge in [0.2, 0.25) is 5.91 Å². The third-order valence-electron chi connectivity index (χ3n) is 4.54. The smallest absolute Gasteiger partial charge is 0.228 e. The normalized spacial score (nSPS) is 15.0. The highest BCUT2D eigenvalue weighted by atomic mass is 35.5. The molecule has 1 N–H and O–H groups in total. The number of piperidine rings is 1. The first-order chi connectivity index (χ1) is 12.5. The summed E-state index contributed by atoms with van der Waals surface area (Å²) in [7, 11) is 0. The average molecular weight is 379 g/mol.